The lowest BCUT2D eigenvalue weighted by Gasteiger charge is -2.18. The monoisotopic (exact) mass is 242 g/mol. The van der Waals surface area contributed by atoms with Gasteiger partial charge < -0.3 is 10.2 Å². The molecule has 0 amide bonds. The molecule has 1 unspecified atom stereocenters. The lowest BCUT2D eigenvalue weighted by atomic mass is 10.0. The summed E-state index contributed by atoms with van der Waals surface area (Å²) < 4.78 is 26.1. The summed E-state index contributed by atoms with van der Waals surface area (Å²) in [7, 11) is 0. The second-order valence-corrected chi connectivity index (χ2v) is 4.27. The molecule has 2 N–H and O–H groups in total. The van der Waals surface area contributed by atoms with E-state index < -0.39 is 18.0 Å². The third-order valence-corrected chi connectivity index (χ3v) is 2.93. The number of carboxylic acids is 1. The van der Waals surface area contributed by atoms with Crippen LogP contribution in [-0.2, 0) is 4.79 Å². The Kier molecular flexibility index (Phi) is 2.87. The lowest BCUT2D eigenvalue weighted by Crippen LogP contribution is -2.35. The normalized spacial score (nSPS) is 17.8. The van der Waals surface area contributed by atoms with E-state index in [-0.39, 0.29) is 5.56 Å². The molecule has 1 atom stereocenters. The topological polar surface area (TPSA) is 57.5 Å². The molecule has 92 valence electrons. The highest BCUT2D eigenvalue weighted by Crippen LogP contribution is 2.40. The van der Waals surface area contributed by atoms with Crippen LogP contribution in [0, 0.1) is 0 Å². The van der Waals surface area contributed by atoms with Crippen LogP contribution in [0.5, 0.6) is 0 Å². The minimum Gasteiger partial charge on any atom is -0.477 e. The summed E-state index contributed by atoms with van der Waals surface area (Å²) in [6.45, 7) is 0. The second-order valence-electron chi connectivity index (χ2n) is 4.27. The van der Waals surface area contributed by atoms with Gasteiger partial charge in [0.1, 0.15) is 0 Å². The fraction of sp³-hybridized carbons (Fsp3) is 0.417. The number of hydrogen-bond donors (Lipinski definition) is 2. The summed E-state index contributed by atoms with van der Waals surface area (Å²) in [6.07, 6.45) is -0.131. The molecule has 1 aromatic carbocycles. The van der Waals surface area contributed by atoms with Gasteiger partial charge in [-0.05, 0) is 29.9 Å². The number of aliphatic carboxylic acids is 1. The van der Waals surface area contributed by atoms with Gasteiger partial charge in [-0.25, -0.2) is 4.79 Å². The number of hydrogen-bond acceptors (Lipinski definition) is 2. The van der Waals surface area contributed by atoms with Crippen LogP contribution < -0.4 is 0 Å². The van der Waals surface area contributed by atoms with Gasteiger partial charge in [0, 0.05) is 0 Å². The van der Waals surface area contributed by atoms with E-state index in [1.807, 2.05) is 0 Å². The van der Waals surface area contributed by atoms with E-state index in [1.165, 1.54) is 12.1 Å². The Labute approximate surface area is 96.7 Å². The average Bonchev–Trinajstić information content (AvgIpc) is 3.12. The first-order chi connectivity index (χ1) is 7.93. The molecule has 2 rings (SSSR count). The zero-order valence-electron chi connectivity index (χ0n) is 8.94. The van der Waals surface area contributed by atoms with Gasteiger partial charge in [-0.2, -0.15) is 8.78 Å². The minimum atomic E-state index is -4.17. The maximum absolute atomic E-state index is 13.0. The predicted octanol–water partition coefficient (Wildman–Crippen LogP) is 2.32. The molecule has 17 heavy (non-hydrogen) atoms. The third-order valence-electron chi connectivity index (χ3n) is 2.93. The average molecular weight is 242 g/mol. The molecule has 1 saturated carbocycles. The molecule has 1 aliphatic rings. The van der Waals surface area contributed by atoms with Crippen molar-refractivity contribution in [3.05, 3.63) is 35.4 Å². The molecule has 0 aromatic heterocycles. The molecule has 1 aromatic rings. The summed E-state index contributed by atoms with van der Waals surface area (Å²) in [4.78, 5) is 10.3. The zero-order valence-corrected chi connectivity index (χ0v) is 8.94. The molecule has 0 aliphatic heterocycles. The molecule has 0 saturated heterocycles. The van der Waals surface area contributed by atoms with E-state index in [1.54, 1.807) is 12.1 Å². The van der Waals surface area contributed by atoms with Crippen LogP contribution in [0.25, 0.3) is 0 Å². The zero-order chi connectivity index (χ0) is 12.6. The van der Waals surface area contributed by atoms with Gasteiger partial charge in [-0.3, -0.25) is 0 Å². The maximum Gasteiger partial charge on any atom is 0.377 e. The van der Waals surface area contributed by atoms with Crippen LogP contribution in [0.4, 0.5) is 8.78 Å². The van der Waals surface area contributed by atoms with Crippen molar-refractivity contribution in [2.75, 3.05) is 0 Å². The first-order valence-electron chi connectivity index (χ1n) is 5.32. The first kappa shape index (κ1) is 12.0. The van der Waals surface area contributed by atoms with Crippen molar-refractivity contribution >= 4 is 5.97 Å². The fourth-order valence-corrected chi connectivity index (χ4v) is 1.69. The van der Waals surface area contributed by atoms with Gasteiger partial charge in [0.05, 0.1) is 0 Å². The highest BCUT2D eigenvalue weighted by molar-refractivity contribution is 5.76. The van der Waals surface area contributed by atoms with Crippen LogP contribution in [0.15, 0.2) is 24.3 Å². The van der Waals surface area contributed by atoms with Crippen molar-refractivity contribution in [1.82, 2.24) is 0 Å². The Balaban J connectivity index is 2.18. The maximum atomic E-state index is 13.0. The summed E-state index contributed by atoms with van der Waals surface area (Å²) in [5, 5.41) is 17.6. The van der Waals surface area contributed by atoms with Crippen molar-refractivity contribution in [2.24, 2.45) is 0 Å². The van der Waals surface area contributed by atoms with Gasteiger partial charge in [0.25, 0.3) is 0 Å². The third kappa shape index (κ3) is 2.29. The summed E-state index contributed by atoms with van der Waals surface area (Å²) >= 11 is 0. The lowest BCUT2D eigenvalue weighted by molar-refractivity contribution is -0.182. The van der Waals surface area contributed by atoms with E-state index in [0.717, 1.165) is 18.4 Å². The Morgan fingerprint density at radius 3 is 2.24 bits per heavy atom. The summed E-state index contributed by atoms with van der Waals surface area (Å²) in [5.74, 6) is -6.00. The van der Waals surface area contributed by atoms with Crippen molar-refractivity contribution in [2.45, 2.75) is 30.8 Å². The minimum absolute atomic E-state index is 0.0817. The SMILES string of the molecule is O=C(O)C(F)(F)C(O)c1ccc(C2CC2)cc1. The quantitative estimate of drug-likeness (QED) is 0.851. The van der Waals surface area contributed by atoms with Crippen LogP contribution in [-0.4, -0.2) is 22.1 Å². The largest absolute Gasteiger partial charge is 0.477 e. The van der Waals surface area contributed by atoms with E-state index >= 15 is 0 Å². The number of aliphatic hydroxyl groups excluding tert-OH is 1. The fourth-order valence-electron chi connectivity index (χ4n) is 1.69. The Morgan fingerprint density at radius 1 is 1.29 bits per heavy atom. The van der Waals surface area contributed by atoms with Crippen molar-refractivity contribution in [3.63, 3.8) is 0 Å². The molecule has 1 aliphatic carbocycles. The van der Waals surface area contributed by atoms with Gasteiger partial charge in [0.15, 0.2) is 6.10 Å². The molecule has 0 heterocycles. The molecule has 0 bridgehead atoms. The summed E-state index contributed by atoms with van der Waals surface area (Å²) in [6, 6.07) is 6.03. The van der Waals surface area contributed by atoms with Crippen molar-refractivity contribution in [3.8, 4) is 0 Å². The van der Waals surface area contributed by atoms with Crippen molar-refractivity contribution < 1.29 is 23.8 Å². The number of carboxylic acid groups (broad SMARTS) is 1. The van der Waals surface area contributed by atoms with E-state index in [0.29, 0.717) is 5.92 Å². The van der Waals surface area contributed by atoms with Gasteiger partial charge in [0.2, 0.25) is 0 Å². The highest BCUT2D eigenvalue weighted by Gasteiger charge is 2.47. The number of benzene rings is 1. The standard InChI is InChI=1S/C12H12F2O3/c13-12(14,11(16)17)10(15)9-5-3-8(4-6-9)7-1-2-7/h3-7,10,15H,1-2H2,(H,16,17). The number of alkyl halides is 2. The smallest absolute Gasteiger partial charge is 0.377 e. The number of aliphatic hydroxyl groups is 1. The second kappa shape index (κ2) is 4.07. The molecule has 1 fully saturated rings. The van der Waals surface area contributed by atoms with E-state index in [2.05, 4.69) is 0 Å². The molecular weight excluding hydrogens is 230 g/mol. The van der Waals surface area contributed by atoms with Crippen LogP contribution in [0.1, 0.15) is 36.0 Å². The van der Waals surface area contributed by atoms with E-state index in [9.17, 15) is 18.7 Å². The highest BCUT2D eigenvalue weighted by atomic mass is 19.3. The Bertz CT molecular complexity index is 424. The molecule has 3 nitrogen and oxygen atoms in total. The van der Waals surface area contributed by atoms with Gasteiger partial charge in [-0.1, -0.05) is 24.3 Å². The van der Waals surface area contributed by atoms with Gasteiger partial charge >= 0.3 is 11.9 Å². The van der Waals surface area contributed by atoms with Crippen LogP contribution in [0.2, 0.25) is 0 Å². The number of rotatable bonds is 4. The van der Waals surface area contributed by atoms with Crippen molar-refractivity contribution in [1.29, 1.82) is 0 Å². The molecular formula is C12H12F2O3. The molecule has 5 heteroatoms. The molecule has 0 spiro atoms. The van der Waals surface area contributed by atoms with Crippen LogP contribution >= 0.6 is 0 Å². The summed E-state index contributed by atoms with van der Waals surface area (Å²) in [5.41, 5.74) is 0.960. The Morgan fingerprint density at radius 2 is 1.82 bits per heavy atom. The van der Waals surface area contributed by atoms with Crippen LogP contribution in [0.3, 0.4) is 0 Å². The predicted molar refractivity (Wildman–Crippen MR) is 56.0 cm³/mol. The van der Waals surface area contributed by atoms with E-state index in [4.69, 9.17) is 5.11 Å². The first-order valence-corrected chi connectivity index (χ1v) is 5.32. The van der Waals surface area contributed by atoms with Gasteiger partial charge in [-0.15, -0.1) is 0 Å². The number of halogens is 2. The molecule has 0 radical (unpaired) electrons. The Hall–Kier alpha value is -1.49. The number of carbonyl (C=O) groups is 1.